The molecule has 0 aliphatic carbocycles. The molecule has 0 saturated heterocycles. The fraction of sp³-hybridized carbons (Fsp3) is 0.500. The fourth-order valence-corrected chi connectivity index (χ4v) is 1.93. The maximum atomic E-state index is 11.1. The molecule has 1 aromatic rings. The average molecular weight is 218 g/mol. The van der Waals surface area contributed by atoms with Gasteiger partial charge in [-0.15, -0.1) is 0 Å². The minimum Gasteiger partial charge on any atom is -0.290 e. The zero-order valence-electron chi connectivity index (χ0n) is 10.1. The average Bonchev–Trinajstić information content (AvgIpc) is 2.32. The first-order chi connectivity index (χ1) is 7.83. The first-order valence-corrected chi connectivity index (χ1v) is 6.00. The van der Waals surface area contributed by atoms with Crippen LogP contribution in [-0.4, -0.2) is 24.3 Å². The van der Waals surface area contributed by atoms with Crippen LogP contribution in [0.5, 0.6) is 0 Å². The number of hydrogen-bond acceptors (Lipinski definition) is 2. The van der Waals surface area contributed by atoms with E-state index in [2.05, 4.69) is 25.0 Å². The highest BCUT2D eigenvalue weighted by atomic mass is 16.1. The molecule has 1 radical (unpaired) electrons. The Morgan fingerprint density at radius 1 is 1.12 bits per heavy atom. The monoisotopic (exact) mass is 218 g/mol. The van der Waals surface area contributed by atoms with Crippen LogP contribution in [0.3, 0.4) is 0 Å². The normalized spacial score (nSPS) is 12.7. The number of rotatable bonds is 7. The van der Waals surface area contributed by atoms with Gasteiger partial charge < -0.3 is 0 Å². The Bertz CT molecular complexity index is 291. The van der Waals surface area contributed by atoms with E-state index in [9.17, 15) is 4.79 Å². The summed E-state index contributed by atoms with van der Waals surface area (Å²) in [5.41, 5.74) is 1.04. The van der Waals surface area contributed by atoms with E-state index in [0.717, 1.165) is 31.5 Å². The van der Waals surface area contributed by atoms with Crippen molar-refractivity contribution >= 4 is 6.29 Å². The molecule has 0 heterocycles. The molecule has 0 aliphatic heterocycles. The van der Waals surface area contributed by atoms with Crippen LogP contribution in [0.25, 0.3) is 0 Å². The molecule has 1 atom stereocenters. The molecule has 0 saturated carbocycles. The fourth-order valence-electron chi connectivity index (χ4n) is 1.93. The molecule has 16 heavy (non-hydrogen) atoms. The van der Waals surface area contributed by atoms with Gasteiger partial charge in [-0.1, -0.05) is 44.2 Å². The lowest BCUT2D eigenvalue weighted by Gasteiger charge is -2.26. The largest absolute Gasteiger partial charge is 0.290 e. The second-order valence-corrected chi connectivity index (χ2v) is 3.97. The lowest BCUT2D eigenvalue weighted by atomic mass is 10.1. The highest BCUT2D eigenvalue weighted by Crippen LogP contribution is 2.18. The van der Waals surface area contributed by atoms with Crippen molar-refractivity contribution in [2.24, 2.45) is 0 Å². The van der Waals surface area contributed by atoms with E-state index in [4.69, 9.17) is 0 Å². The molecule has 0 fully saturated rings. The minimum atomic E-state index is -0.207. The Morgan fingerprint density at radius 2 is 1.69 bits per heavy atom. The third kappa shape index (κ3) is 3.46. The summed E-state index contributed by atoms with van der Waals surface area (Å²) in [4.78, 5) is 13.3. The minimum absolute atomic E-state index is 0.207. The predicted molar refractivity (Wildman–Crippen MR) is 67.0 cm³/mol. The van der Waals surface area contributed by atoms with Crippen LogP contribution in [0, 0.1) is 0 Å². The van der Waals surface area contributed by atoms with Crippen molar-refractivity contribution in [2.45, 2.75) is 32.7 Å². The second-order valence-electron chi connectivity index (χ2n) is 3.97. The van der Waals surface area contributed by atoms with E-state index in [0.29, 0.717) is 0 Å². The summed E-state index contributed by atoms with van der Waals surface area (Å²) < 4.78 is 0. The standard InChI is InChI=1S/C14H20NO/c1-3-10-15(11-4-2)14(12-16)13-8-6-5-7-9-13/h5-9,14H,3-4,10-11H2,1-2H3. The number of nitrogens with zero attached hydrogens (tertiary/aromatic N) is 1. The van der Waals surface area contributed by atoms with Crippen molar-refractivity contribution in [1.29, 1.82) is 0 Å². The third-order valence-corrected chi connectivity index (χ3v) is 2.61. The SMILES string of the molecule is CCCN(CCC)C([C]=O)c1ccccc1. The lowest BCUT2D eigenvalue weighted by molar-refractivity contribution is 0.239. The van der Waals surface area contributed by atoms with Crippen molar-refractivity contribution in [2.75, 3.05) is 13.1 Å². The lowest BCUT2D eigenvalue weighted by Crippen LogP contribution is -2.31. The van der Waals surface area contributed by atoms with Crippen LogP contribution in [0.2, 0.25) is 0 Å². The molecular formula is C14H20NO. The van der Waals surface area contributed by atoms with Gasteiger partial charge >= 0.3 is 0 Å². The quantitative estimate of drug-likeness (QED) is 0.701. The van der Waals surface area contributed by atoms with Crippen LogP contribution < -0.4 is 0 Å². The van der Waals surface area contributed by atoms with Crippen molar-refractivity contribution in [1.82, 2.24) is 4.90 Å². The summed E-state index contributed by atoms with van der Waals surface area (Å²) in [6.07, 6.45) is 4.29. The van der Waals surface area contributed by atoms with Gasteiger partial charge in [0.25, 0.3) is 0 Å². The molecule has 0 N–H and O–H groups in total. The molecule has 0 aromatic heterocycles. The van der Waals surface area contributed by atoms with E-state index in [1.165, 1.54) is 0 Å². The molecule has 0 spiro atoms. The molecule has 0 bridgehead atoms. The summed E-state index contributed by atoms with van der Waals surface area (Å²) in [7, 11) is 0. The van der Waals surface area contributed by atoms with E-state index >= 15 is 0 Å². The molecule has 87 valence electrons. The molecule has 1 aromatic carbocycles. The molecule has 0 amide bonds. The van der Waals surface area contributed by atoms with Gasteiger partial charge in [-0.05, 0) is 31.5 Å². The van der Waals surface area contributed by atoms with Gasteiger partial charge in [-0.2, -0.15) is 0 Å². The van der Waals surface area contributed by atoms with Gasteiger partial charge in [0.2, 0.25) is 6.29 Å². The van der Waals surface area contributed by atoms with Gasteiger partial charge in [0.05, 0.1) is 0 Å². The Balaban J connectivity index is 2.81. The van der Waals surface area contributed by atoms with E-state index in [-0.39, 0.29) is 6.04 Å². The van der Waals surface area contributed by atoms with Gasteiger partial charge in [0.15, 0.2) is 0 Å². The third-order valence-electron chi connectivity index (χ3n) is 2.61. The van der Waals surface area contributed by atoms with Crippen molar-refractivity contribution in [3.05, 3.63) is 35.9 Å². The van der Waals surface area contributed by atoms with Crippen molar-refractivity contribution in [3.8, 4) is 0 Å². The van der Waals surface area contributed by atoms with Crippen molar-refractivity contribution < 1.29 is 4.79 Å². The first kappa shape index (κ1) is 12.9. The maximum Gasteiger partial charge on any atom is 0.222 e. The zero-order chi connectivity index (χ0) is 11.8. The Kier molecular flexibility index (Phi) is 5.79. The van der Waals surface area contributed by atoms with Gasteiger partial charge in [-0.25, -0.2) is 0 Å². The Morgan fingerprint density at radius 3 is 2.12 bits per heavy atom. The summed E-state index contributed by atoms with van der Waals surface area (Å²) >= 11 is 0. The van der Waals surface area contributed by atoms with Gasteiger partial charge in [-0.3, -0.25) is 9.69 Å². The molecule has 2 nitrogen and oxygen atoms in total. The summed E-state index contributed by atoms with van der Waals surface area (Å²) in [6.45, 7) is 6.16. The predicted octanol–water partition coefficient (Wildman–Crippen LogP) is 2.96. The number of benzene rings is 1. The zero-order valence-corrected chi connectivity index (χ0v) is 10.1. The number of carbonyl (C=O) groups excluding carboxylic acids is 1. The topological polar surface area (TPSA) is 20.3 Å². The van der Waals surface area contributed by atoms with Crippen LogP contribution in [0.1, 0.15) is 38.3 Å². The van der Waals surface area contributed by atoms with Crippen LogP contribution in [0.4, 0.5) is 0 Å². The highest BCUT2D eigenvalue weighted by Gasteiger charge is 2.18. The Hall–Kier alpha value is -1.15. The molecule has 2 heteroatoms. The number of hydrogen-bond donors (Lipinski definition) is 0. The second kappa shape index (κ2) is 7.18. The first-order valence-electron chi connectivity index (χ1n) is 6.00. The molecule has 1 rings (SSSR count). The molecular weight excluding hydrogens is 198 g/mol. The maximum absolute atomic E-state index is 11.1. The molecule has 0 aliphatic rings. The van der Waals surface area contributed by atoms with Crippen molar-refractivity contribution in [3.63, 3.8) is 0 Å². The van der Waals surface area contributed by atoms with Crippen LogP contribution in [-0.2, 0) is 4.79 Å². The van der Waals surface area contributed by atoms with E-state index in [1.54, 1.807) is 0 Å². The smallest absolute Gasteiger partial charge is 0.222 e. The summed E-state index contributed by atoms with van der Waals surface area (Å²) in [5, 5.41) is 0. The highest BCUT2D eigenvalue weighted by molar-refractivity contribution is 5.62. The van der Waals surface area contributed by atoms with Gasteiger partial charge in [0.1, 0.15) is 6.04 Å². The van der Waals surface area contributed by atoms with Crippen LogP contribution >= 0.6 is 0 Å². The molecule has 1 unspecified atom stereocenters. The Labute approximate surface area is 98.3 Å². The van der Waals surface area contributed by atoms with E-state index in [1.807, 2.05) is 30.3 Å². The van der Waals surface area contributed by atoms with E-state index < -0.39 is 0 Å². The summed E-state index contributed by atoms with van der Waals surface area (Å²) in [5.74, 6) is 0. The summed E-state index contributed by atoms with van der Waals surface area (Å²) in [6, 6.07) is 9.68. The van der Waals surface area contributed by atoms with Gasteiger partial charge in [0, 0.05) is 0 Å². The van der Waals surface area contributed by atoms with Crippen LogP contribution in [0.15, 0.2) is 30.3 Å².